The molecule has 0 aromatic heterocycles. The van der Waals surface area contributed by atoms with E-state index in [-0.39, 0.29) is 12.1 Å². The van der Waals surface area contributed by atoms with Crippen LogP contribution in [0.15, 0.2) is 24.3 Å². The number of hydrogen-bond donors (Lipinski definition) is 0. The van der Waals surface area contributed by atoms with Gasteiger partial charge in [-0.2, -0.15) is 0 Å². The maximum absolute atomic E-state index is 11.1. The quantitative estimate of drug-likeness (QED) is 0.581. The monoisotopic (exact) mass is 274 g/mol. The maximum Gasteiger partial charge on any atom is 0.327 e. The fourth-order valence-corrected chi connectivity index (χ4v) is 2.09. The smallest absolute Gasteiger partial charge is 0.327 e. The van der Waals surface area contributed by atoms with Crippen LogP contribution in [0.25, 0.3) is 0 Å². The van der Waals surface area contributed by atoms with Crippen molar-refractivity contribution in [2.24, 2.45) is 0 Å². The summed E-state index contributed by atoms with van der Waals surface area (Å²) < 4.78 is 4.41. The second-order valence-electron chi connectivity index (χ2n) is 3.38. The Labute approximate surface area is 95.3 Å². The number of hydrogen-bond acceptors (Lipinski definition) is 2. The minimum atomic E-state index is -0.641. The van der Waals surface area contributed by atoms with E-state index < -0.39 is 4.32 Å². The summed E-state index contributed by atoms with van der Waals surface area (Å²) in [5.74, 6) is -0.248. The Bertz CT molecular complexity index is 389. The van der Waals surface area contributed by atoms with Gasteiger partial charge in [0.05, 0.1) is 0 Å². The molecule has 0 aliphatic carbocycles. The van der Waals surface area contributed by atoms with Crippen molar-refractivity contribution in [3.8, 4) is 0 Å². The molecule has 0 spiro atoms. The van der Waals surface area contributed by atoms with E-state index in [1.54, 1.807) is 13.0 Å². The number of ether oxygens (including phenoxy) is 1. The van der Waals surface area contributed by atoms with E-state index in [0.29, 0.717) is 5.02 Å². The molecule has 4 heteroatoms. The van der Waals surface area contributed by atoms with Gasteiger partial charge in [0.1, 0.15) is 0 Å². The molecule has 2 atom stereocenters. The molecule has 0 amide bonds. The first kappa shape index (κ1) is 9.99. The van der Waals surface area contributed by atoms with Crippen LogP contribution in [0.1, 0.15) is 18.6 Å². The molecule has 0 unspecified atom stereocenters. The molecule has 0 bridgehead atoms. The topological polar surface area (TPSA) is 26.3 Å². The zero-order valence-corrected chi connectivity index (χ0v) is 9.80. The highest BCUT2D eigenvalue weighted by Gasteiger charge is 2.54. The Morgan fingerprint density at radius 1 is 1.50 bits per heavy atom. The maximum atomic E-state index is 11.1. The van der Waals surface area contributed by atoms with Gasteiger partial charge in [-0.15, -0.1) is 0 Å². The summed E-state index contributed by atoms with van der Waals surface area (Å²) in [7, 11) is 0. The van der Waals surface area contributed by atoms with Crippen LogP contribution in [0.5, 0.6) is 0 Å². The molecule has 1 heterocycles. The molecule has 2 rings (SSSR count). The van der Waals surface area contributed by atoms with Gasteiger partial charge in [-0.3, -0.25) is 4.79 Å². The van der Waals surface area contributed by atoms with Crippen LogP contribution in [-0.2, 0) is 9.53 Å². The van der Waals surface area contributed by atoms with Crippen LogP contribution in [-0.4, -0.2) is 10.3 Å². The predicted molar refractivity (Wildman–Crippen MR) is 57.6 cm³/mol. The van der Waals surface area contributed by atoms with Crippen molar-refractivity contribution in [1.29, 1.82) is 0 Å². The van der Waals surface area contributed by atoms with Crippen molar-refractivity contribution in [2.75, 3.05) is 0 Å². The average Bonchev–Trinajstić information content (AvgIpc) is 2.16. The molecular formula is C10H8BrClO2. The summed E-state index contributed by atoms with van der Waals surface area (Å²) >= 11 is 9.33. The average molecular weight is 276 g/mol. The number of rotatable bonds is 1. The van der Waals surface area contributed by atoms with Gasteiger partial charge in [0, 0.05) is 10.6 Å². The molecule has 0 radical (unpaired) electrons. The molecule has 74 valence electrons. The van der Waals surface area contributed by atoms with E-state index in [2.05, 4.69) is 15.9 Å². The molecule has 1 aliphatic heterocycles. The van der Waals surface area contributed by atoms with E-state index in [4.69, 9.17) is 16.3 Å². The largest absolute Gasteiger partial charge is 0.454 e. The second kappa shape index (κ2) is 3.24. The summed E-state index contributed by atoms with van der Waals surface area (Å²) in [5.41, 5.74) is 0.841. The van der Waals surface area contributed by atoms with Crippen LogP contribution < -0.4 is 0 Å². The molecule has 0 saturated carbocycles. The predicted octanol–water partition coefficient (Wildman–Crippen LogP) is 3.09. The zero-order chi connectivity index (χ0) is 10.3. The minimum Gasteiger partial charge on any atom is -0.454 e. The lowest BCUT2D eigenvalue weighted by atomic mass is 9.92. The third-order valence-corrected chi connectivity index (χ3v) is 3.39. The Hall–Kier alpha value is -0.540. The number of esters is 1. The number of cyclic esters (lactones) is 1. The summed E-state index contributed by atoms with van der Waals surface area (Å²) in [4.78, 5) is 11.1. The van der Waals surface area contributed by atoms with E-state index in [1.807, 2.05) is 18.2 Å². The Kier molecular flexibility index (Phi) is 2.32. The van der Waals surface area contributed by atoms with Gasteiger partial charge in [0.25, 0.3) is 0 Å². The first-order valence-corrected chi connectivity index (χ1v) is 5.35. The van der Waals surface area contributed by atoms with Crippen LogP contribution in [0, 0.1) is 0 Å². The van der Waals surface area contributed by atoms with E-state index in [9.17, 15) is 4.79 Å². The highest BCUT2D eigenvalue weighted by molar-refractivity contribution is 9.10. The van der Waals surface area contributed by atoms with E-state index in [0.717, 1.165) is 5.56 Å². The van der Waals surface area contributed by atoms with E-state index >= 15 is 0 Å². The van der Waals surface area contributed by atoms with Crippen molar-refractivity contribution >= 4 is 33.5 Å². The lowest BCUT2D eigenvalue weighted by molar-refractivity contribution is -0.177. The molecule has 1 saturated heterocycles. The van der Waals surface area contributed by atoms with Crippen LogP contribution >= 0.6 is 27.5 Å². The van der Waals surface area contributed by atoms with Crippen molar-refractivity contribution in [3.63, 3.8) is 0 Å². The molecule has 1 aliphatic rings. The van der Waals surface area contributed by atoms with Crippen molar-refractivity contribution in [3.05, 3.63) is 34.9 Å². The molecule has 0 N–H and O–H groups in total. The summed E-state index contributed by atoms with van der Waals surface area (Å²) in [6.07, 6.45) is -0.288. The second-order valence-corrected chi connectivity index (χ2v) is 5.44. The number of benzene rings is 1. The van der Waals surface area contributed by atoms with Crippen LogP contribution in [0.3, 0.4) is 0 Å². The first-order chi connectivity index (χ1) is 6.53. The normalized spacial score (nSPS) is 30.8. The molecule has 1 fully saturated rings. The van der Waals surface area contributed by atoms with Crippen molar-refractivity contribution in [2.45, 2.75) is 17.4 Å². The highest BCUT2D eigenvalue weighted by Crippen LogP contribution is 2.48. The van der Waals surface area contributed by atoms with Gasteiger partial charge >= 0.3 is 5.97 Å². The summed E-state index contributed by atoms with van der Waals surface area (Å²) in [6.45, 7) is 1.78. The summed E-state index contributed by atoms with van der Waals surface area (Å²) in [5, 5.41) is 0.621. The Morgan fingerprint density at radius 2 is 2.14 bits per heavy atom. The van der Waals surface area contributed by atoms with Crippen molar-refractivity contribution < 1.29 is 9.53 Å². The Balaban J connectivity index is 2.35. The SMILES string of the molecule is C[C@@]1(Br)C(=O)O[C@H]1c1ccccc1Cl. The Morgan fingerprint density at radius 3 is 2.64 bits per heavy atom. The lowest BCUT2D eigenvalue weighted by Gasteiger charge is -2.40. The highest BCUT2D eigenvalue weighted by atomic mass is 79.9. The van der Waals surface area contributed by atoms with Gasteiger partial charge in [0.15, 0.2) is 10.4 Å². The van der Waals surface area contributed by atoms with Gasteiger partial charge in [-0.25, -0.2) is 0 Å². The van der Waals surface area contributed by atoms with Gasteiger partial charge in [-0.1, -0.05) is 45.7 Å². The van der Waals surface area contributed by atoms with Crippen LogP contribution in [0.4, 0.5) is 0 Å². The molecule has 14 heavy (non-hydrogen) atoms. The number of alkyl halides is 1. The lowest BCUT2D eigenvalue weighted by Crippen LogP contribution is -2.50. The van der Waals surface area contributed by atoms with Crippen LogP contribution in [0.2, 0.25) is 5.02 Å². The zero-order valence-electron chi connectivity index (χ0n) is 7.46. The van der Waals surface area contributed by atoms with E-state index in [1.165, 1.54) is 0 Å². The number of carbonyl (C=O) groups is 1. The van der Waals surface area contributed by atoms with Gasteiger partial charge in [0.2, 0.25) is 0 Å². The third kappa shape index (κ3) is 1.35. The first-order valence-electron chi connectivity index (χ1n) is 4.18. The summed E-state index contributed by atoms with van der Waals surface area (Å²) in [6, 6.07) is 7.36. The number of halogens is 2. The molecule has 1 aromatic carbocycles. The fourth-order valence-electron chi connectivity index (χ4n) is 1.43. The van der Waals surface area contributed by atoms with Gasteiger partial charge < -0.3 is 4.74 Å². The molecule has 2 nitrogen and oxygen atoms in total. The molecule has 1 aromatic rings. The van der Waals surface area contributed by atoms with Crippen molar-refractivity contribution in [1.82, 2.24) is 0 Å². The fraction of sp³-hybridized carbons (Fsp3) is 0.300. The standard InChI is InChI=1S/C10H8BrClO2/c1-10(11)8(14-9(10)13)6-4-2-3-5-7(6)12/h2-5,8H,1H3/t8-,10-/m0/s1. The number of carbonyl (C=O) groups excluding carboxylic acids is 1. The van der Waals surface area contributed by atoms with Gasteiger partial charge in [-0.05, 0) is 13.0 Å². The molecular weight excluding hydrogens is 267 g/mol. The third-order valence-electron chi connectivity index (χ3n) is 2.30. The minimum absolute atomic E-state index is 0.248.